The highest BCUT2D eigenvalue weighted by atomic mass is 32.2. The quantitative estimate of drug-likeness (QED) is 0.646. The minimum absolute atomic E-state index is 0.352. The summed E-state index contributed by atoms with van der Waals surface area (Å²) in [5.41, 5.74) is 4.25. The molecular formula is C23H26N4O2S. The Labute approximate surface area is 178 Å². The van der Waals surface area contributed by atoms with Gasteiger partial charge in [0.05, 0.1) is 10.6 Å². The van der Waals surface area contributed by atoms with Crippen LogP contribution in [-0.2, 0) is 10.0 Å². The number of benzene rings is 2. The van der Waals surface area contributed by atoms with Gasteiger partial charge in [-0.05, 0) is 62.6 Å². The maximum absolute atomic E-state index is 13.2. The molecule has 156 valence electrons. The number of anilines is 2. The molecule has 3 aromatic rings. The third kappa shape index (κ3) is 4.37. The molecule has 0 saturated carbocycles. The van der Waals surface area contributed by atoms with Crippen molar-refractivity contribution in [2.75, 3.05) is 18.4 Å². The zero-order valence-electron chi connectivity index (χ0n) is 17.3. The molecule has 1 N–H and O–H groups in total. The van der Waals surface area contributed by atoms with Crippen LogP contribution in [0, 0.1) is 13.8 Å². The van der Waals surface area contributed by atoms with E-state index >= 15 is 0 Å². The lowest BCUT2D eigenvalue weighted by Crippen LogP contribution is -2.35. The van der Waals surface area contributed by atoms with Crippen LogP contribution >= 0.6 is 0 Å². The fourth-order valence-electron chi connectivity index (χ4n) is 3.62. The first-order valence-corrected chi connectivity index (χ1v) is 11.7. The van der Waals surface area contributed by atoms with Gasteiger partial charge in [-0.2, -0.15) is 4.31 Å². The molecule has 2 aromatic carbocycles. The number of rotatable bonds is 5. The molecule has 1 saturated heterocycles. The minimum Gasteiger partial charge on any atom is -0.339 e. The number of nitrogens with zero attached hydrogens (tertiary/aromatic N) is 3. The van der Waals surface area contributed by atoms with E-state index in [-0.39, 0.29) is 0 Å². The van der Waals surface area contributed by atoms with Gasteiger partial charge in [0, 0.05) is 24.3 Å². The molecule has 1 aliphatic heterocycles. The van der Waals surface area contributed by atoms with E-state index in [4.69, 9.17) is 0 Å². The SMILES string of the molecule is Cc1ccc(Nc2ccc(-c3ccc(C)c(S(=O)(=O)N4CCCCC4)c3)nn2)cc1. The van der Waals surface area contributed by atoms with Gasteiger partial charge in [-0.15, -0.1) is 10.2 Å². The highest BCUT2D eigenvalue weighted by molar-refractivity contribution is 7.89. The van der Waals surface area contributed by atoms with Crippen molar-refractivity contribution in [1.82, 2.24) is 14.5 Å². The molecule has 0 spiro atoms. The summed E-state index contributed by atoms with van der Waals surface area (Å²) in [5, 5.41) is 11.8. The minimum atomic E-state index is -3.50. The summed E-state index contributed by atoms with van der Waals surface area (Å²) in [7, 11) is -3.50. The van der Waals surface area contributed by atoms with Crippen LogP contribution in [0.2, 0.25) is 0 Å². The van der Waals surface area contributed by atoms with Gasteiger partial charge in [0.1, 0.15) is 0 Å². The summed E-state index contributed by atoms with van der Waals surface area (Å²) in [4.78, 5) is 0.352. The molecule has 0 amide bonds. The van der Waals surface area contributed by atoms with Gasteiger partial charge < -0.3 is 5.32 Å². The molecule has 0 aliphatic carbocycles. The largest absolute Gasteiger partial charge is 0.339 e. The number of hydrogen-bond acceptors (Lipinski definition) is 5. The Hall–Kier alpha value is -2.77. The van der Waals surface area contributed by atoms with Gasteiger partial charge in [0.15, 0.2) is 5.82 Å². The summed E-state index contributed by atoms with van der Waals surface area (Å²) >= 11 is 0. The molecule has 0 bridgehead atoms. The van der Waals surface area contributed by atoms with E-state index in [1.54, 1.807) is 10.4 Å². The number of hydrogen-bond donors (Lipinski definition) is 1. The molecule has 0 unspecified atom stereocenters. The summed E-state index contributed by atoms with van der Waals surface area (Å²) in [6.07, 6.45) is 2.92. The fourth-order valence-corrected chi connectivity index (χ4v) is 5.39. The zero-order valence-corrected chi connectivity index (χ0v) is 18.1. The maximum atomic E-state index is 13.2. The topological polar surface area (TPSA) is 75.2 Å². The summed E-state index contributed by atoms with van der Waals surface area (Å²) in [6.45, 7) is 5.05. The zero-order chi connectivity index (χ0) is 21.1. The smallest absolute Gasteiger partial charge is 0.243 e. The molecule has 2 heterocycles. The first-order valence-electron chi connectivity index (χ1n) is 10.2. The number of aromatic nitrogens is 2. The molecule has 1 aliphatic rings. The Bertz CT molecular complexity index is 1120. The molecule has 0 radical (unpaired) electrons. The first-order chi connectivity index (χ1) is 14.4. The van der Waals surface area contributed by atoms with Crippen molar-refractivity contribution in [3.8, 4) is 11.3 Å². The van der Waals surface area contributed by atoms with Crippen molar-refractivity contribution >= 4 is 21.5 Å². The molecule has 1 fully saturated rings. The lowest BCUT2D eigenvalue weighted by molar-refractivity contribution is 0.346. The summed E-state index contributed by atoms with van der Waals surface area (Å²) in [6, 6.07) is 17.2. The molecule has 0 atom stereocenters. The lowest BCUT2D eigenvalue weighted by Gasteiger charge is -2.26. The van der Waals surface area contributed by atoms with Crippen molar-refractivity contribution in [1.29, 1.82) is 0 Å². The molecule has 4 rings (SSSR count). The summed E-state index contributed by atoms with van der Waals surface area (Å²) < 4.78 is 27.9. The van der Waals surface area contributed by atoms with Crippen LogP contribution < -0.4 is 5.32 Å². The maximum Gasteiger partial charge on any atom is 0.243 e. The highest BCUT2D eigenvalue weighted by Gasteiger charge is 2.27. The fraction of sp³-hybridized carbons (Fsp3) is 0.304. The van der Waals surface area contributed by atoms with Crippen molar-refractivity contribution < 1.29 is 8.42 Å². The first kappa shape index (κ1) is 20.5. The van der Waals surface area contributed by atoms with Gasteiger partial charge in [0.2, 0.25) is 10.0 Å². The Morgan fingerprint density at radius 1 is 0.867 bits per heavy atom. The highest BCUT2D eigenvalue weighted by Crippen LogP contribution is 2.28. The number of nitrogens with one attached hydrogen (secondary N) is 1. The third-order valence-corrected chi connectivity index (χ3v) is 7.45. The van der Waals surface area contributed by atoms with Crippen LogP contribution in [0.3, 0.4) is 0 Å². The van der Waals surface area contributed by atoms with E-state index in [2.05, 4.69) is 15.5 Å². The number of sulfonamides is 1. The van der Waals surface area contributed by atoms with Crippen molar-refractivity contribution in [2.45, 2.75) is 38.0 Å². The van der Waals surface area contributed by atoms with E-state index in [9.17, 15) is 8.42 Å². The average molecular weight is 423 g/mol. The predicted molar refractivity (Wildman–Crippen MR) is 119 cm³/mol. The van der Waals surface area contributed by atoms with Gasteiger partial charge in [-0.25, -0.2) is 8.42 Å². The van der Waals surface area contributed by atoms with Crippen LogP contribution in [0.15, 0.2) is 59.5 Å². The van der Waals surface area contributed by atoms with Gasteiger partial charge >= 0.3 is 0 Å². The van der Waals surface area contributed by atoms with Gasteiger partial charge in [-0.1, -0.05) is 36.2 Å². The number of aryl methyl sites for hydroxylation is 2. The monoisotopic (exact) mass is 422 g/mol. The Morgan fingerprint density at radius 3 is 2.27 bits per heavy atom. The molecule has 7 heteroatoms. The second-order valence-electron chi connectivity index (χ2n) is 7.74. The van der Waals surface area contributed by atoms with Crippen LogP contribution in [-0.4, -0.2) is 36.0 Å². The third-order valence-electron chi connectivity index (χ3n) is 5.41. The van der Waals surface area contributed by atoms with Crippen molar-refractivity contribution in [2.24, 2.45) is 0 Å². The Morgan fingerprint density at radius 2 is 1.60 bits per heavy atom. The lowest BCUT2D eigenvalue weighted by atomic mass is 10.1. The van der Waals surface area contributed by atoms with Gasteiger partial charge in [0.25, 0.3) is 0 Å². The second kappa shape index (κ2) is 8.53. The van der Waals surface area contributed by atoms with E-state index < -0.39 is 10.0 Å². The van der Waals surface area contributed by atoms with E-state index in [0.29, 0.717) is 29.5 Å². The van der Waals surface area contributed by atoms with Crippen molar-refractivity contribution in [3.05, 3.63) is 65.7 Å². The summed E-state index contributed by atoms with van der Waals surface area (Å²) in [5.74, 6) is 0.635. The molecular weight excluding hydrogens is 396 g/mol. The Balaban J connectivity index is 1.58. The average Bonchev–Trinajstić information content (AvgIpc) is 2.77. The normalized spacial score (nSPS) is 15.1. The second-order valence-corrected chi connectivity index (χ2v) is 9.65. The Kier molecular flexibility index (Phi) is 5.83. The van der Waals surface area contributed by atoms with Crippen LogP contribution in [0.1, 0.15) is 30.4 Å². The molecule has 30 heavy (non-hydrogen) atoms. The van der Waals surface area contributed by atoms with Crippen LogP contribution in [0.4, 0.5) is 11.5 Å². The van der Waals surface area contributed by atoms with Crippen LogP contribution in [0.5, 0.6) is 0 Å². The van der Waals surface area contributed by atoms with E-state index in [0.717, 1.165) is 36.1 Å². The standard InChI is InChI=1S/C23H26N4O2S/c1-17-6-10-20(11-7-17)24-23-13-12-21(25-26-23)19-9-8-18(2)22(16-19)30(28,29)27-14-4-3-5-15-27/h6-13,16H,3-5,14-15H2,1-2H3,(H,24,26). The number of piperidine rings is 1. The predicted octanol–water partition coefficient (Wildman–Crippen LogP) is 4.68. The molecule has 6 nitrogen and oxygen atoms in total. The van der Waals surface area contributed by atoms with E-state index in [1.807, 2.05) is 62.4 Å². The van der Waals surface area contributed by atoms with Crippen molar-refractivity contribution in [3.63, 3.8) is 0 Å². The van der Waals surface area contributed by atoms with Gasteiger partial charge in [-0.3, -0.25) is 0 Å². The molecule has 1 aromatic heterocycles. The van der Waals surface area contributed by atoms with E-state index in [1.165, 1.54) is 5.56 Å². The van der Waals surface area contributed by atoms with Crippen LogP contribution in [0.25, 0.3) is 11.3 Å².